The molecule has 2 rings (SSSR count). The molecule has 31 heavy (non-hydrogen) atoms. The van der Waals surface area contributed by atoms with Gasteiger partial charge in [-0.25, -0.2) is 9.97 Å². The third kappa shape index (κ3) is 22.4. The molecule has 0 amide bonds. The summed E-state index contributed by atoms with van der Waals surface area (Å²) >= 11 is 0. The fourth-order valence-corrected chi connectivity index (χ4v) is 1.41. The van der Waals surface area contributed by atoms with E-state index in [2.05, 4.69) is 19.9 Å². The van der Waals surface area contributed by atoms with Crippen molar-refractivity contribution in [1.29, 1.82) is 0 Å². The number of imidazole rings is 2. The number of rotatable bonds is 6. The first-order valence-electron chi connectivity index (χ1n) is 7.35. The average molecular weight is 498 g/mol. The number of nitrogens with one attached hydrogen (secondary N) is 4. The number of H-pyrrole nitrogens is 2. The number of aromatic nitrogens is 4. The van der Waals surface area contributed by atoms with Crippen LogP contribution in [-0.2, 0) is 39.5 Å². The van der Waals surface area contributed by atoms with E-state index in [9.17, 15) is 9.59 Å². The van der Waals surface area contributed by atoms with Gasteiger partial charge in [-0.15, -0.1) is 20.2 Å². The first-order valence-corrected chi connectivity index (χ1v) is 7.35. The Labute approximate surface area is 183 Å². The molecule has 0 fully saturated rings. The minimum Gasteiger partial charge on any atom is -0.665 e. The number of carboxylic acid groups (broad SMARTS) is 2. The molecule has 2 heterocycles. The number of aliphatic carboxylic acids is 2. The van der Waals surface area contributed by atoms with Crippen LogP contribution in [0, 0.1) is 20.2 Å². The molecule has 0 aliphatic heterocycles. The summed E-state index contributed by atoms with van der Waals surface area (Å²) in [5, 5.41) is 44.0. The van der Waals surface area contributed by atoms with Crippen molar-refractivity contribution in [1.82, 2.24) is 19.9 Å². The van der Waals surface area contributed by atoms with E-state index >= 15 is 0 Å². The molecule has 2 unspecified atom stereocenters. The summed E-state index contributed by atoms with van der Waals surface area (Å²) < 4.78 is 0. The molecule has 2 aromatic heterocycles. The normalized spacial score (nSPS) is 10.6. The van der Waals surface area contributed by atoms with Crippen molar-refractivity contribution in [2.45, 2.75) is 24.9 Å². The van der Waals surface area contributed by atoms with E-state index in [1.165, 1.54) is 25.0 Å². The van der Waals surface area contributed by atoms with Crippen LogP contribution in [0.1, 0.15) is 11.4 Å². The van der Waals surface area contributed by atoms with E-state index in [0.29, 0.717) is 11.4 Å². The van der Waals surface area contributed by atoms with E-state index < -0.39 is 34.2 Å². The number of carbonyl (C=O) groups is 2. The molecule has 0 bridgehead atoms. The first-order chi connectivity index (χ1) is 13.9. The second kappa shape index (κ2) is 18.2. The van der Waals surface area contributed by atoms with Gasteiger partial charge in [-0.05, 0) is 24.9 Å². The van der Waals surface area contributed by atoms with Crippen LogP contribution in [0.2, 0.25) is 0 Å². The predicted molar refractivity (Wildman–Crippen MR) is 93.6 cm³/mol. The van der Waals surface area contributed by atoms with Gasteiger partial charge in [0, 0.05) is 23.8 Å². The summed E-state index contributed by atoms with van der Waals surface area (Å²) in [4.78, 5) is 50.0. The molecular weight excluding hydrogens is 480 g/mol. The molecule has 1 radical (unpaired) electrons. The summed E-state index contributed by atoms with van der Waals surface area (Å²) in [5.74, 6) is -2.22. The summed E-state index contributed by atoms with van der Waals surface area (Å²) in [6.45, 7) is 0. The SMILES string of the molecule is O=[N+]([O-])O.O=[N+]([O-])O.[Cu+2].[NH-]C(Cc1cnc[nH]1)C(=O)O.[NH-]C(Cc1cnc[nH]1)C(=O)O. The Morgan fingerprint density at radius 2 is 1.16 bits per heavy atom. The minimum atomic E-state index is -1.50. The summed E-state index contributed by atoms with van der Waals surface area (Å²) in [6.07, 6.45) is 6.31. The van der Waals surface area contributed by atoms with E-state index in [1.54, 1.807) is 0 Å². The molecule has 0 spiro atoms. The molecule has 8 N–H and O–H groups in total. The molecule has 2 aromatic rings. The van der Waals surface area contributed by atoms with Crippen molar-refractivity contribution in [2.75, 3.05) is 0 Å². The maximum absolute atomic E-state index is 10.2. The van der Waals surface area contributed by atoms with Crippen LogP contribution >= 0.6 is 0 Å². The largest absolute Gasteiger partial charge is 2.00 e. The van der Waals surface area contributed by atoms with Gasteiger partial charge in [-0.2, -0.15) is 0 Å². The average Bonchev–Trinajstić information content (AvgIpc) is 3.28. The van der Waals surface area contributed by atoms with Gasteiger partial charge >= 0.3 is 17.1 Å². The number of hydrogen-bond donors (Lipinski definition) is 6. The molecule has 2 atom stereocenters. The fourth-order valence-electron chi connectivity index (χ4n) is 1.41. The molecule has 0 saturated heterocycles. The second-order valence-corrected chi connectivity index (χ2v) is 4.82. The van der Waals surface area contributed by atoms with Crippen LogP contribution in [0.25, 0.3) is 11.5 Å². The quantitative estimate of drug-likeness (QED) is 0.177. The zero-order valence-corrected chi connectivity index (χ0v) is 16.1. The number of hydrogen-bond acceptors (Lipinski definition) is 8. The maximum atomic E-state index is 10.2. The van der Waals surface area contributed by atoms with E-state index in [1.807, 2.05) is 0 Å². The molecule has 0 aliphatic carbocycles. The van der Waals surface area contributed by atoms with E-state index in [0.717, 1.165) is 0 Å². The predicted octanol–water partition coefficient (Wildman–Crippen LogP) is 0.217. The van der Waals surface area contributed by atoms with Crippen LogP contribution in [0.3, 0.4) is 0 Å². The van der Waals surface area contributed by atoms with Crippen LogP contribution in [0.4, 0.5) is 0 Å². The van der Waals surface area contributed by atoms with Crippen molar-refractivity contribution >= 4 is 11.9 Å². The Morgan fingerprint density at radius 3 is 1.32 bits per heavy atom. The Kier molecular flexibility index (Phi) is 18.8. The van der Waals surface area contributed by atoms with Gasteiger partial charge in [-0.1, -0.05) is 0 Å². The summed E-state index contributed by atoms with van der Waals surface area (Å²) in [6, 6.07) is -2.20. The molecule has 0 aromatic carbocycles. The molecule has 0 aliphatic rings. The molecule has 18 nitrogen and oxygen atoms in total. The fraction of sp³-hybridized carbons (Fsp3) is 0.333. The Balaban J connectivity index is -0.000000370. The molecule has 177 valence electrons. The van der Waals surface area contributed by atoms with Crippen LogP contribution < -0.4 is 0 Å². The topological polar surface area (TPSA) is 306 Å². The van der Waals surface area contributed by atoms with E-state index in [4.69, 9.17) is 52.3 Å². The number of carboxylic acids is 2. The summed E-state index contributed by atoms with van der Waals surface area (Å²) in [7, 11) is 0. The first kappa shape index (κ1) is 31.9. The van der Waals surface area contributed by atoms with Gasteiger partial charge in [0.15, 0.2) is 0 Å². The smallest absolute Gasteiger partial charge is 0.665 e. The number of aromatic amines is 2. The molecule has 0 saturated carbocycles. The molecular formula is C12H18CuN8O10. The zero-order valence-electron chi connectivity index (χ0n) is 15.2. The Bertz CT molecular complexity index is 685. The van der Waals surface area contributed by atoms with Gasteiger partial charge < -0.3 is 42.1 Å². The van der Waals surface area contributed by atoms with Crippen molar-refractivity contribution in [3.8, 4) is 0 Å². The van der Waals surface area contributed by atoms with Crippen molar-refractivity contribution < 1.29 is 57.5 Å². The third-order valence-electron chi connectivity index (χ3n) is 2.55. The monoisotopic (exact) mass is 497 g/mol. The van der Waals surface area contributed by atoms with Crippen molar-refractivity contribution in [3.05, 3.63) is 68.1 Å². The summed E-state index contributed by atoms with van der Waals surface area (Å²) in [5.41, 5.74) is 15.5. The van der Waals surface area contributed by atoms with Crippen LogP contribution in [0.15, 0.2) is 25.0 Å². The third-order valence-corrected chi connectivity index (χ3v) is 2.55. The molecule has 19 heteroatoms. The standard InChI is InChI=1S/2C6H8N3O2.Cu.2HNO3/c2*7-5(6(10)11)1-4-2-8-3-9-4;;2*2-1(3)4/h2*2-3,5,7H,1H2,(H,8,9)(H,10,11);;2*(H,2,3,4)/q2*-1;+2;;. The van der Waals surface area contributed by atoms with Crippen molar-refractivity contribution in [2.24, 2.45) is 0 Å². The van der Waals surface area contributed by atoms with Gasteiger partial charge in [0.2, 0.25) is 0 Å². The Morgan fingerprint density at radius 1 is 0.903 bits per heavy atom. The van der Waals surface area contributed by atoms with Crippen LogP contribution in [-0.4, -0.2) is 74.8 Å². The maximum Gasteiger partial charge on any atom is 2.00 e. The van der Waals surface area contributed by atoms with Gasteiger partial charge in [0.05, 0.1) is 12.7 Å². The zero-order chi connectivity index (χ0) is 23.7. The van der Waals surface area contributed by atoms with Gasteiger partial charge in [0.25, 0.3) is 22.1 Å². The second-order valence-electron chi connectivity index (χ2n) is 4.82. The minimum absolute atomic E-state index is 0. The van der Waals surface area contributed by atoms with Crippen LogP contribution in [0.5, 0.6) is 0 Å². The van der Waals surface area contributed by atoms with Crippen molar-refractivity contribution in [3.63, 3.8) is 0 Å². The van der Waals surface area contributed by atoms with Gasteiger partial charge in [0.1, 0.15) is 0 Å². The van der Waals surface area contributed by atoms with Gasteiger partial charge in [-0.3, -0.25) is 9.59 Å². The Hall–Kier alpha value is -3.80. The van der Waals surface area contributed by atoms with E-state index in [-0.39, 0.29) is 29.9 Å². The number of nitrogens with zero attached hydrogens (tertiary/aromatic N) is 4.